The molecule has 1 N–H and O–H groups in total. The summed E-state index contributed by atoms with van der Waals surface area (Å²) in [5, 5.41) is 0. The predicted octanol–water partition coefficient (Wildman–Crippen LogP) is 5.93. The largest absolute Gasteiger partial charge is 0.494 e. The van der Waals surface area contributed by atoms with Crippen molar-refractivity contribution >= 4 is 15.7 Å². The normalized spacial score (nSPS) is 11.3. The molecule has 4 nitrogen and oxygen atoms in total. The number of hydrogen-bond donors (Lipinski definition) is 1. The van der Waals surface area contributed by atoms with E-state index in [0.717, 1.165) is 17.7 Å². The number of aryl methyl sites for hydroxylation is 1. The molecular formula is C22H31NO3S. The van der Waals surface area contributed by atoms with Gasteiger partial charge < -0.3 is 4.74 Å². The molecule has 0 saturated heterocycles. The molecule has 148 valence electrons. The van der Waals surface area contributed by atoms with Gasteiger partial charge in [-0.3, -0.25) is 4.72 Å². The van der Waals surface area contributed by atoms with Gasteiger partial charge in [-0.25, -0.2) is 8.42 Å². The summed E-state index contributed by atoms with van der Waals surface area (Å²) >= 11 is 0. The van der Waals surface area contributed by atoms with E-state index < -0.39 is 10.0 Å². The summed E-state index contributed by atoms with van der Waals surface area (Å²) < 4.78 is 33.1. The third-order valence-electron chi connectivity index (χ3n) is 4.45. The van der Waals surface area contributed by atoms with E-state index in [9.17, 15) is 8.42 Å². The second-order valence-corrected chi connectivity index (χ2v) is 8.60. The molecule has 0 aliphatic heterocycles. The zero-order chi connectivity index (χ0) is 19.5. The minimum absolute atomic E-state index is 0.257. The van der Waals surface area contributed by atoms with Crippen molar-refractivity contribution in [3.05, 3.63) is 54.1 Å². The molecule has 27 heavy (non-hydrogen) atoms. The second-order valence-electron chi connectivity index (χ2n) is 6.91. The molecule has 0 unspecified atom stereocenters. The Hall–Kier alpha value is -2.01. The van der Waals surface area contributed by atoms with Gasteiger partial charge >= 0.3 is 0 Å². The molecule has 0 aliphatic rings. The molecule has 0 heterocycles. The van der Waals surface area contributed by atoms with E-state index in [0.29, 0.717) is 12.3 Å². The summed E-state index contributed by atoms with van der Waals surface area (Å²) in [7, 11) is -3.57. The molecule has 0 fully saturated rings. The van der Waals surface area contributed by atoms with Crippen LogP contribution >= 0.6 is 0 Å². The average molecular weight is 390 g/mol. The molecular weight excluding hydrogens is 358 g/mol. The van der Waals surface area contributed by atoms with Crippen LogP contribution in [0.2, 0.25) is 0 Å². The molecule has 2 rings (SSSR count). The number of benzene rings is 2. The summed E-state index contributed by atoms with van der Waals surface area (Å²) in [6.07, 6.45) is 8.76. The van der Waals surface area contributed by atoms with Crippen LogP contribution in [0.3, 0.4) is 0 Å². The molecule has 0 saturated carbocycles. The molecule has 0 aromatic heterocycles. The summed E-state index contributed by atoms with van der Waals surface area (Å²) in [4.78, 5) is 0.257. The number of sulfonamides is 1. The van der Waals surface area contributed by atoms with Crippen LogP contribution < -0.4 is 9.46 Å². The molecule has 0 amide bonds. The van der Waals surface area contributed by atoms with E-state index in [4.69, 9.17) is 4.74 Å². The first-order chi connectivity index (χ1) is 13.0. The van der Waals surface area contributed by atoms with Gasteiger partial charge in [0.05, 0.1) is 11.5 Å². The average Bonchev–Trinajstić information content (AvgIpc) is 2.65. The zero-order valence-electron chi connectivity index (χ0n) is 16.4. The fraction of sp³-hybridized carbons (Fsp3) is 0.455. The van der Waals surface area contributed by atoms with E-state index >= 15 is 0 Å². The minimum atomic E-state index is -3.57. The van der Waals surface area contributed by atoms with Gasteiger partial charge in [0.2, 0.25) is 0 Å². The maximum absolute atomic E-state index is 12.4. The summed E-state index contributed by atoms with van der Waals surface area (Å²) in [6, 6.07) is 13.8. The standard InChI is InChI=1S/C22H31NO3S/c1-3-4-5-6-7-8-9-18-26-21-14-12-20(13-15-21)23-27(24,25)22-16-10-19(2)11-17-22/h10-17,23H,3-9,18H2,1-2H3. The van der Waals surface area contributed by atoms with Crippen LogP contribution in [-0.4, -0.2) is 15.0 Å². The number of hydrogen-bond acceptors (Lipinski definition) is 3. The van der Waals surface area contributed by atoms with E-state index in [-0.39, 0.29) is 4.90 Å². The highest BCUT2D eigenvalue weighted by atomic mass is 32.2. The quantitative estimate of drug-likeness (QED) is 0.458. The Bertz CT molecular complexity index is 768. The highest BCUT2D eigenvalue weighted by molar-refractivity contribution is 7.92. The number of ether oxygens (including phenoxy) is 1. The third kappa shape index (κ3) is 7.63. The topological polar surface area (TPSA) is 55.4 Å². The number of nitrogens with one attached hydrogen (secondary N) is 1. The predicted molar refractivity (Wildman–Crippen MR) is 112 cm³/mol. The van der Waals surface area contributed by atoms with Crippen molar-refractivity contribution in [2.24, 2.45) is 0 Å². The molecule has 2 aromatic carbocycles. The monoisotopic (exact) mass is 389 g/mol. The first-order valence-corrected chi connectivity index (χ1v) is 11.3. The van der Waals surface area contributed by atoms with Crippen LogP contribution in [0.5, 0.6) is 5.75 Å². The van der Waals surface area contributed by atoms with E-state index in [1.54, 1.807) is 48.5 Å². The van der Waals surface area contributed by atoms with Gasteiger partial charge in [0, 0.05) is 5.69 Å². The van der Waals surface area contributed by atoms with Gasteiger partial charge in [-0.2, -0.15) is 0 Å². The number of unbranched alkanes of at least 4 members (excludes halogenated alkanes) is 6. The SMILES string of the molecule is CCCCCCCCCOc1ccc(NS(=O)(=O)c2ccc(C)cc2)cc1. The Kier molecular flexibility index (Phi) is 8.65. The maximum atomic E-state index is 12.4. The van der Waals surface area contributed by atoms with E-state index in [2.05, 4.69) is 11.6 Å². The lowest BCUT2D eigenvalue weighted by atomic mass is 10.1. The van der Waals surface area contributed by atoms with Gasteiger partial charge in [0.15, 0.2) is 0 Å². The van der Waals surface area contributed by atoms with Crippen molar-refractivity contribution < 1.29 is 13.2 Å². The molecule has 0 atom stereocenters. The van der Waals surface area contributed by atoms with Gasteiger partial charge in [-0.1, -0.05) is 63.1 Å². The van der Waals surface area contributed by atoms with Crippen LogP contribution in [0.1, 0.15) is 57.4 Å². The Balaban J connectivity index is 1.75. The molecule has 0 bridgehead atoms. The van der Waals surface area contributed by atoms with Crippen molar-refractivity contribution in [1.82, 2.24) is 0 Å². The highest BCUT2D eigenvalue weighted by Gasteiger charge is 2.13. The molecule has 5 heteroatoms. The fourth-order valence-electron chi connectivity index (χ4n) is 2.80. The Morgan fingerprint density at radius 1 is 0.815 bits per heavy atom. The lowest BCUT2D eigenvalue weighted by Gasteiger charge is -2.10. The first-order valence-electron chi connectivity index (χ1n) is 9.83. The van der Waals surface area contributed by atoms with Crippen molar-refractivity contribution in [3.8, 4) is 5.75 Å². The van der Waals surface area contributed by atoms with Crippen LogP contribution in [0.4, 0.5) is 5.69 Å². The van der Waals surface area contributed by atoms with E-state index in [1.165, 1.54) is 38.5 Å². The fourth-order valence-corrected chi connectivity index (χ4v) is 3.86. The van der Waals surface area contributed by atoms with Crippen LogP contribution in [0, 0.1) is 6.92 Å². The Morgan fingerprint density at radius 2 is 1.41 bits per heavy atom. The number of rotatable bonds is 12. The zero-order valence-corrected chi connectivity index (χ0v) is 17.2. The molecule has 0 aliphatic carbocycles. The lowest BCUT2D eigenvalue weighted by molar-refractivity contribution is 0.304. The lowest BCUT2D eigenvalue weighted by Crippen LogP contribution is -2.12. The molecule has 2 aromatic rings. The summed E-state index contributed by atoms with van der Waals surface area (Å²) in [6.45, 7) is 4.85. The maximum Gasteiger partial charge on any atom is 0.261 e. The van der Waals surface area contributed by atoms with Gasteiger partial charge in [-0.05, 0) is 49.7 Å². The highest BCUT2D eigenvalue weighted by Crippen LogP contribution is 2.20. The van der Waals surface area contributed by atoms with Crippen LogP contribution in [0.15, 0.2) is 53.4 Å². The summed E-state index contributed by atoms with van der Waals surface area (Å²) in [5.41, 5.74) is 1.55. The van der Waals surface area contributed by atoms with Gasteiger partial charge in [0.1, 0.15) is 5.75 Å². The van der Waals surface area contributed by atoms with Crippen molar-refractivity contribution in [3.63, 3.8) is 0 Å². The number of anilines is 1. The minimum Gasteiger partial charge on any atom is -0.494 e. The third-order valence-corrected chi connectivity index (χ3v) is 5.85. The van der Waals surface area contributed by atoms with Crippen molar-refractivity contribution in [1.29, 1.82) is 0 Å². The van der Waals surface area contributed by atoms with Gasteiger partial charge in [-0.15, -0.1) is 0 Å². The second kappa shape index (κ2) is 11.0. The molecule has 0 spiro atoms. The Labute approximate surface area is 164 Å². The van der Waals surface area contributed by atoms with E-state index in [1.807, 2.05) is 6.92 Å². The Morgan fingerprint density at radius 3 is 2.04 bits per heavy atom. The smallest absolute Gasteiger partial charge is 0.261 e. The summed E-state index contributed by atoms with van der Waals surface area (Å²) in [5.74, 6) is 0.763. The van der Waals surface area contributed by atoms with Crippen LogP contribution in [0.25, 0.3) is 0 Å². The van der Waals surface area contributed by atoms with Crippen LogP contribution in [-0.2, 0) is 10.0 Å². The molecule has 0 radical (unpaired) electrons. The van der Waals surface area contributed by atoms with Gasteiger partial charge in [0.25, 0.3) is 10.0 Å². The van der Waals surface area contributed by atoms with Crippen molar-refractivity contribution in [2.75, 3.05) is 11.3 Å². The first kappa shape index (κ1) is 21.3. The van der Waals surface area contributed by atoms with Crippen molar-refractivity contribution in [2.45, 2.75) is 63.7 Å².